The van der Waals surface area contributed by atoms with E-state index in [0.29, 0.717) is 13.0 Å². The van der Waals surface area contributed by atoms with Crippen molar-refractivity contribution in [3.8, 4) is 0 Å². The predicted octanol–water partition coefficient (Wildman–Crippen LogP) is 2.03. The zero-order valence-corrected chi connectivity index (χ0v) is 15.0. The molecule has 0 radical (unpaired) electrons. The molecule has 1 heterocycles. The number of rotatable bonds is 8. The Morgan fingerprint density at radius 1 is 1.46 bits per heavy atom. The number of esters is 1. The summed E-state index contributed by atoms with van der Waals surface area (Å²) in [6.45, 7) is 0.709. The van der Waals surface area contributed by atoms with Gasteiger partial charge in [0.2, 0.25) is 5.91 Å². The fraction of sp³-hybridized carbons (Fsp3) is 0.421. The van der Waals surface area contributed by atoms with Crippen molar-refractivity contribution >= 4 is 29.6 Å². The number of hydrogen-bond acceptors (Lipinski definition) is 4. The van der Waals surface area contributed by atoms with Crippen LogP contribution in [0, 0.1) is 11.3 Å². The van der Waals surface area contributed by atoms with Gasteiger partial charge >= 0.3 is 5.97 Å². The molecular weight excluding hydrogens is 332 g/mol. The van der Waals surface area contributed by atoms with E-state index < -0.39 is 0 Å². The van der Waals surface area contributed by atoms with Crippen LogP contribution in [0.15, 0.2) is 24.3 Å². The molecule has 2 rings (SSSR count). The topological polar surface area (TPSA) is 117 Å². The Morgan fingerprint density at radius 3 is 3.00 bits per heavy atom. The number of carbonyl (C=O) groups excluding carboxylic acids is 2. The summed E-state index contributed by atoms with van der Waals surface area (Å²) in [5, 5.41) is 12.7. The Labute approximate surface area is 153 Å². The first kappa shape index (κ1) is 19.5. The fourth-order valence-corrected chi connectivity index (χ4v) is 2.86. The summed E-state index contributed by atoms with van der Waals surface area (Å²) in [5.74, 6) is -0.876. The standard InChI is InChI=1S/C19H26N4O3/c1-26-17(24)12-15-11-14-8-7-13(10-16(14)23-18(15)25)6-4-2-3-5-9-22-19(20)21/h4,6-8,10,15H,2-3,5,9,11-12H2,1H3,(H,23,25)(H4,20,21,22)/b6-4+. The first-order valence-electron chi connectivity index (χ1n) is 8.74. The highest BCUT2D eigenvalue weighted by molar-refractivity contribution is 5.97. The highest BCUT2D eigenvalue weighted by Crippen LogP contribution is 2.28. The largest absolute Gasteiger partial charge is 0.469 e. The third-order valence-electron chi connectivity index (χ3n) is 4.29. The van der Waals surface area contributed by atoms with Gasteiger partial charge in [0, 0.05) is 12.2 Å². The molecular formula is C19H26N4O3. The van der Waals surface area contributed by atoms with Gasteiger partial charge in [-0.25, -0.2) is 0 Å². The number of hydrogen-bond donors (Lipinski definition) is 4. The van der Waals surface area contributed by atoms with E-state index in [4.69, 9.17) is 11.1 Å². The molecule has 5 N–H and O–H groups in total. The second-order valence-corrected chi connectivity index (χ2v) is 6.33. The number of unbranched alkanes of at least 4 members (excludes halogenated alkanes) is 2. The molecule has 1 aromatic rings. The van der Waals surface area contributed by atoms with E-state index in [1.807, 2.05) is 24.3 Å². The minimum absolute atomic E-state index is 0.00507. The lowest BCUT2D eigenvalue weighted by molar-refractivity contribution is -0.143. The van der Waals surface area contributed by atoms with Gasteiger partial charge in [0.25, 0.3) is 0 Å². The van der Waals surface area contributed by atoms with Gasteiger partial charge in [-0.05, 0) is 42.9 Å². The van der Waals surface area contributed by atoms with Gasteiger partial charge in [-0.3, -0.25) is 15.0 Å². The lowest BCUT2D eigenvalue weighted by atomic mass is 9.90. The molecule has 0 saturated carbocycles. The number of nitrogens with one attached hydrogen (secondary N) is 3. The molecule has 1 atom stereocenters. The van der Waals surface area contributed by atoms with E-state index in [1.165, 1.54) is 7.11 Å². The van der Waals surface area contributed by atoms with Crippen molar-refractivity contribution in [2.24, 2.45) is 11.7 Å². The second-order valence-electron chi connectivity index (χ2n) is 6.33. The molecule has 1 aliphatic heterocycles. The summed E-state index contributed by atoms with van der Waals surface area (Å²) in [7, 11) is 1.33. The highest BCUT2D eigenvalue weighted by Gasteiger charge is 2.28. The monoisotopic (exact) mass is 358 g/mol. The van der Waals surface area contributed by atoms with Crippen LogP contribution in [0.3, 0.4) is 0 Å². The van der Waals surface area contributed by atoms with Crippen molar-refractivity contribution in [3.05, 3.63) is 35.4 Å². The van der Waals surface area contributed by atoms with Crippen LogP contribution in [0.1, 0.15) is 36.8 Å². The average molecular weight is 358 g/mol. The van der Waals surface area contributed by atoms with E-state index in [9.17, 15) is 9.59 Å². The maximum absolute atomic E-state index is 12.2. The smallest absolute Gasteiger partial charge is 0.306 e. The molecule has 0 bridgehead atoms. The minimum atomic E-state index is -0.375. The fourth-order valence-electron chi connectivity index (χ4n) is 2.86. The van der Waals surface area contributed by atoms with Crippen LogP contribution in [-0.4, -0.2) is 31.5 Å². The summed E-state index contributed by atoms with van der Waals surface area (Å²) >= 11 is 0. The van der Waals surface area contributed by atoms with Gasteiger partial charge in [-0.2, -0.15) is 0 Å². The third-order valence-corrected chi connectivity index (χ3v) is 4.29. The summed E-state index contributed by atoms with van der Waals surface area (Å²) in [4.78, 5) is 23.6. The van der Waals surface area contributed by atoms with Crippen LogP contribution in [0.5, 0.6) is 0 Å². The molecule has 1 aliphatic rings. The van der Waals surface area contributed by atoms with Gasteiger partial charge in [-0.15, -0.1) is 0 Å². The van der Waals surface area contributed by atoms with Crippen LogP contribution in [0.4, 0.5) is 5.69 Å². The second kappa shape index (κ2) is 9.60. The summed E-state index contributed by atoms with van der Waals surface area (Å²) in [5.41, 5.74) is 8.09. The zero-order valence-electron chi connectivity index (χ0n) is 15.0. The van der Waals surface area contributed by atoms with Gasteiger partial charge in [0.05, 0.1) is 19.4 Å². The molecule has 7 nitrogen and oxygen atoms in total. The highest BCUT2D eigenvalue weighted by atomic mass is 16.5. The number of carbonyl (C=O) groups is 2. The number of guanidine groups is 1. The summed E-state index contributed by atoms with van der Waals surface area (Å²) in [6, 6.07) is 5.96. The van der Waals surface area contributed by atoms with E-state index in [2.05, 4.69) is 21.4 Å². The van der Waals surface area contributed by atoms with Crippen LogP contribution in [0.2, 0.25) is 0 Å². The average Bonchev–Trinajstić information content (AvgIpc) is 2.61. The van der Waals surface area contributed by atoms with Gasteiger partial charge in [0.1, 0.15) is 0 Å². The molecule has 26 heavy (non-hydrogen) atoms. The lowest BCUT2D eigenvalue weighted by Crippen LogP contribution is -2.31. The number of anilines is 1. The van der Waals surface area contributed by atoms with Crippen molar-refractivity contribution in [3.63, 3.8) is 0 Å². The van der Waals surface area contributed by atoms with E-state index in [-0.39, 0.29) is 30.2 Å². The Kier molecular flexibility index (Phi) is 7.20. The van der Waals surface area contributed by atoms with Crippen molar-refractivity contribution in [2.45, 2.75) is 32.1 Å². The Morgan fingerprint density at radius 2 is 2.27 bits per heavy atom. The molecule has 0 spiro atoms. The molecule has 1 aromatic carbocycles. The normalized spacial score (nSPS) is 16.0. The molecule has 1 unspecified atom stereocenters. The van der Waals surface area contributed by atoms with Crippen molar-refractivity contribution in [1.29, 1.82) is 5.41 Å². The van der Waals surface area contributed by atoms with Gasteiger partial charge in [0.15, 0.2) is 5.96 Å². The molecule has 7 heteroatoms. The van der Waals surface area contributed by atoms with Crippen LogP contribution in [0.25, 0.3) is 6.08 Å². The van der Waals surface area contributed by atoms with E-state index in [1.54, 1.807) is 0 Å². The molecule has 0 aliphatic carbocycles. The number of benzene rings is 1. The molecule has 140 valence electrons. The van der Waals surface area contributed by atoms with Crippen LogP contribution < -0.4 is 16.4 Å². The minimum Gasteiger partial charge on any atom is -0.469 e. The van der Waals surface area contributed by atoms with Crippen molar-refractivity contribution in [1.82, 2.24) is 5.32 Å². The Balaban J connectivity index is 1.86. The molecule has 0 saturated heterocycles. The molecule has 0 aromatic heterocycles. The van der Waals surface area contributed by atoms with Crippen LogP contribution in [-0.2, 0) is 20.7 Å². The van der Waals surface area contributed by atoms with Gasteiger partial charge < -0.3 is 21.1 Å². The van der Waals surface area contributed by atoms with Crippen molar-refractivity contribution in [2.75, 3.05) is 19.0 Å². The maximum atomic E-state index is 12.2. The van der Waals surface area contributed by atoms with E-state index >= 15 is 0 Å². The Hall–Kier alpha value is -2.83. The molecule has 1 amide bonds. The number of fused-ring (bicyclic) bond motifs is 1. The van der Waals surface area contributed by atoms with Crippen molar-refractivity contribution < 1.29 is 14.3 Å². The maximum Gasteiger partial charge on any atom is 0.306 e. The SMILES string of the molecule is COC(=O)CC1Cc2ccc(/C=C/CCCCNC(=N)N)cc2NC1=O. The van der Waals surface area contributed by atoms with Crippen LogP contribution >= 0.6 is 0 Å². The first-order chi connectivity index (χ1) is 12.5. The summed E-state index contributed by atoms with van der Waals surface area (Å²) < 4.78 is 4.65. The number of amides is 1. The van der Waals surface area contributed by atoms with Gasteiger partial charge in [-0.1, -0.05) is 24.3 Å². The number of allylic oxidation sites excluding steroid dienone is 1. The Bertz CT molecular complexity index is 700. The summed E-state index contributed by atoms with van der Waals surface area (Å²) in [6.07, 6.45) is 7.67. The quantitative estimate of drug-likeness (QED) is 0.245. The number of methoxy groups -OCH3 is 1. The third kappa shape index (κ3) is 5.91. The number of ether oxygens (including phenoxy) is 1. The predicted molar refractivity (Wildman–Crippen MR) is 102 cm³/mol. The zero-order chi connectivity index (χ0) is 18.9. The lowest BCUT2D eigenvalue weighted by Gasteiger charge is -2.24. The molecule has 0 fully saturated rings. The van der Waals surface area contributed by atoms with E-state index in [0.717, 1.165) is 36.1 Å². The first-order valence-corrected chi connectivity index (χ1v) is 8.74. The number of nitrogens with two attached hydrogens (primary N) is 1.